The van der Waals surface area contributed by atoms with Gasteiger partial charge in [-0.15, -0.1) is 0 Å². The lowest BCUT2D eigenvalue weighted by Gasteiger charge is -2.33. The monoisotopic (exact) mass is 375 g/mol. The number of rotatable bonds is 3. The van der Waals surface area contributed by atoms with Crippen molar-refractivity contribution < 1.29 is 4.79 Å². The van der Waals surface area contributed by atoms with E-state index in [9.17, 15) is 4.79 Å². The van der Waals surface area contributed by atoms with Crippen LogP contribution in [0.5, 0.6) is 0 Å². The Morgan fingerprint density at radius 3 is 3.04 bits per heavy atom. The summed E-state index contributed by atoms with van der Waals surface area (Å²) in [6.07, 6.45) is 2.26. The van der Waals surface area contributed by atoms with Gasteiger partial charge in [0.05, 0.1) is 11.1 Å². The first-order valence-corrected chi connectivity index (χ1v) is 8.88. The molecule has 2 aromatic rings. The van der Waals surface area contributed by atoms with E-state index >= 15 is 0 Å². The van der Waals surface area contributed by atoms with Crippen LogP contribution in [0.2, 0.25) is 0 Å². The van der Waals surface area contributed by atoms with Gasteiger partial charge in [-0.05, 0) is 63.5 Å². The highest BCUT2D eigenvalue weighted by atomic mass is 79.9. The Balaban J connectivity index is 1.95. The van der Waals surface area contributed by atoms with E-state index in [0.29, 0.717) is 5.92 Å². The van der Waals surface area contributed by atoms with Crippen LogP contribution in [0.1, 0.15) is 28.9 Å². The van der Waals surface area contributed by atoms with E-state index in [2.05, 4.69) is 26.2 Å². The molecule has 1 aliphatic heterocycles. The summed E-state index contributed by atoms with van der Waals surface area (Å²) in [5.41, 5.74) is 2.52. The first-order valence-electron chi connectivity index (χ1n) is 8.09. The minimum atomic E-state index is 0.124. The zero-order valence-corrected chi connectivity index (χ0v) is 15.2. The van der Waals surface area contributed by atoms with Crippen molar-refractivity contribution in [2.24, 2.45) is 5.92 Å². The Hall–Kier alpha value is -1.46. The van der Waals surface area contributed by atoms with Crippen LogP contribution in [0, 0.1) is 12.8 Å². The maximum absolute atomic E-state index is 13.1. The van der Waals surface area contributed by atoms with Crippen molar-refractivity contribution in [3.63, 3.8) is 0 Å². The Kier molecular flexibility index (Phi) is 4.97. The van der Waals surface area contributed by atoms with Crippen molar-refractivity contribution in [1.82, 2.24) is 15.2 Å². The van der Waals surface area contributed by atoms with Crippen LogP contribution in [-0.4, -0.2) is 42.5 Å². The van der Waals surface area contributed by atoms with Crippen LogP contribution < -0.4 is 5.32 Å². The number of piperidine rings is 1. The third-order valence-electron chi connectivity index (χ3n) is 4.43. The highest BCUT2D eigenvalue weighted by molar-refractivity contribution is 9.10. The third-order valence-corrected chi connectivity index (χ3v) is 4.92. The molecule has 4 nitrogen and oxygen atoms in total. The van der Waals surface area contributed by atoms with Crippen molar-refractivity contribution in [2.75, 3.05) is 26.7 Å². The lowest BCUT2D eigenvalue weighted by molar-refractivity contribution is 0.0676. The number of nitrogens with zero attached hydrogens (tertiary/aromatic N) is 2. The van der Waals surface area contributed by atoms with Gasteiger partial charge in [0.1, 0.15) is 0 Å². The van der Waals surface area contributed by atoms with Gasteiger partial charge in [0.25, 0.3) is 5.91 Å². The zero-order valence-electron chi connectivity index (χ0n) is 13.6. The van der Waals surface area contributed by atoms with Crippen molar-refractivity contribution in [2.45, 2.75) is 19.8 Å². The van der Waals surface area contributed by atoms with E-state index in [1.165, 1.54) is 6.42 Å². The number of carbonyl (C=O) groups excluding carboxylic acids is 1. The Morgan fingerprint density at radius 2 is 2.26 bits per heavy atom. The Morgan fingerprint density at radius 1 is 1.43 bits per heavy atom. The van der Waals surface area contributed by atoms with Gasteiger partial charge in [-0.25, -0.2) is 0 Å². The topological polar surface area (TPSA) is 45.2 Å². The Labute approximate surface area is 145 Å². The number of pyridine rings is 1. The number of benzene rings is 1. The van der Waals surface area contributed by atoms with Crippen molar-refractivity contribution in [3.05, 3.63) is 40.0 Å². The van der Waals surface area contributed by atoms with E-state index < -0.39 is 0 Å². The molecule has 2 heterocycles. The Bertz CT molecular complexity index is 730. The molecule has 1 amide bonds. The lowest BCUT2D eigenvalue weighted by Crippen LogP contribution is -2.42. The molecule has 1 aromatic carbocycles. The second-order valence-corrected chi connectivity index (χ2v) is 7.21. The lowest BCUT2D eigenvalue weighted by atomic mass is 9.96. The second kappa shape index (κ2) is 6.97. The third kappa shape index (κ3) is 3.56. The molecule has 1 N–H and O–H groups in total. The fourth-order valence-corrected chi connectivity index (χ4v) is 3.74. The molecule has 0 unspecified atom stereocenters. The summed E-state index contributed by atoms with van der Waals surface area (Å²) in [6.45, 7) is 4.58. The molecule has 0 aliphatic carbocycles. The molecule has 1 saturated heterocycles. The van der Waals surface area contributed by atoms with Crippen molar-refractivity contribution in [3.8, 4) is 0 Å². The SMILES string of the molecule is CNC[C@H]1CCCN(C(=O)c2cc(C)nc3ccc(Br)cc23)C1. The van der Waals surface area contributed by atoms with Crippen LogP contribution in [0.15, 0.2) is 28.7 Å². The molecule has 1 aromatic heterocycles. The number of hydrogen-bond donors (Lipinski definition) is 1. The summed E-state index contributed by atoms with van der Waals surface area (Å²) >= 11 is 3.50. The summed E-state index contributed by atoms with van der Waals surface area (Å²) in [5, 5.41) is 4.15. The van der Waals surface area contributed by atoms with E-state index in [0.717, 1.165) is 52.7 Å². The van der Waals surface area contributed by atoms with Crippen LogP contribution in [0.25, 0.3) is 10.9 Å². The van der Waals surface area contributed by atoms with Crippen LogP contribution >= 0.6 is 15.9 Å². The fourth-order valence-electron chi connectivity index (χ4n) is 3.38. The number of amides is 1. The molecule has 0 spiro atoms. The van der Waals surface area contributed by atoms with Gasteiger partial charge < -0.3 is 10.2 Å². The average molecular weight is 376 g/mol. The number of hydrogen-bond acceptors (Lipinski definition) is 3. The summed E-state index contributed by atoms with van der Waals surface area (Å²) in [6, 6.07) is 7.83. The molecule has 1 aliphatic rings. The van der Waals surface area contributed by atoms with Crippen LogP contribution in [0.4, 0.5) is 0 Å². The molecular weight excluding hydrogens is 354 g/mol. The largest absolute Gasteiger partial charge is 0.338 e. The summed E-state index contributed by atoms with van der Waals surface area (Å²) in [4.78, 5) is 19.6. The van der Waals surface area contributed by atoms with Gasteiger partial charge in [-0.1, -0.05) is 15.9 Å². The first-order chi connectivity index (χ1) is 11.1. The predicted molar refractivity (Wildman–Crippen MR) is 96.7 cm³/mol. The van der Waals surface area contributed by atoms with E-state index in [-0.39, 0.29) is 5.91 Å². The highest BCUT2D eigenvalue weighted by Crippen LogP contribution is 2.25. The maximum Gasteiger partial charge on any atom is 0.254 e. The number of nitrogens with one attached hydrogen (secondary N) is 1. The van der Waals surface area contributed by atoms with Gasteiger partial charge in [0, 0.05) is 28.6 Å². The smallest absolute Gasteiger partial charge is 0.254 e. The number of aromatic nitrogens is 1. The molecule has 0 radical (unpaired) electrons. The van der Waals surface area contributed by atoms with Crippen LogP contribution in [-0.2, 0) is 0 Å². The summed E-state index contributed by atoms with van der Waals surface area (Å²) < 4.78 is 0.969. The minimum absolute atomic E-state index is 0.124. The van der Waals surface area contributed by atoms with Gasteiger partial charge in [-0.3, -0.25) is 9.78 Å². The van der Waals surface area contributed by atoms with Gasteiger partial charge >= 0.3 is 0 Å². The van der Waals surface area contributed by atoms with E-state index in [1.807, 2.05) is 43.1 Å². The molecule has 3 rings (SSSR count). The second-order valence-electron chi connectivity index (χ2n) is 6.29. The molecule has 1 fully saturated rings. The quantitative estimate of drug-likeness (QED) is 0.894. The molecule has 0 saturated carbocycles. The number of halogens is 1. The van der Waals surface area contributed by atoms with E-state index in [4.69, 9.17) is 0 Å². The molecular formula is C18H22BrN3O. The first kappa shape index (κ1) is 16.4. The van der Waals surface area contributed by atoms with E-state index in [1.54, 1.807) is 0 Å². The highest BCUT2D eigenvalue weighted by Gasteiger charge is 2.25. The maximum atomic E-state index is 13.1. The number of fused-ring (bicyclic) bond motifs is 1. The standard InChI is InChI=1S/C18H22BrN3O/c1-12-8-16(15-9-14(19)5-6-17(15)21-12)18(23)22-7-3-4-13(11-22)10-20-2/h5-6,8-9,13,20H,3-4,7,10-11H2,1-2H3/t13-/m1/s1. The number of carbonyl (C=O) groups is 1. The summed E-state index contributed by atoms with van der Waals surface area (Å²) in [5.74, 6) is 0.665. The molecule has 122 valence electrons. The fraction of sp³-hybridized carbons (Fsp3) is 0.444. The predicted octanol–water partition coefficient (Wildman–Crippen LogP) is 3.38. The van der Waals surface area contributed by atoms with Crippen molar-refractivity contribution in [1.29, 1.82) is 0 Å². The van der Waals surface area contributed by atoms with Crippen molar-refractivity contribution >= 4 is 32.7 Å². The van der Waals surface area contributed by atoms with Gasteiger partial charge in [0.15, 0.2) is 0 Å². The molecule has 5 heteroatoms. The number of likely N-dealkylation sites (tertiary alicyclic amines) is 1. The minimum Gasteiger partial charge on any atom is -0.338 e. The van der Waals surface area contributed by atoms with Gasteiger partial charge in [-0.2, -0.15) is 0 Å². The van der Waals surface area contributed by atoms with Gasteiger partial charge in [0.2, 0.25) is 0 Å². The molecule has 23 heavy (non-hydrogen) atoms. The molecule has 1 atom stereocenters. The average Bonchev–Trinajstić information content (AvgIpc) is 2.54. The van der Waals surface area contributed by atoms with Crippen LogP contribution in [0.3, 0.4) is 0 Å². The summed E-state index contributed by atoms with van der Waals surface area (Å²) in [7, 11) is 1.97. The number of aryl methyl sites for hydroxylation is 1. The zero-order chi connectivity index (χ0) is 16.4. The normalized spacial score (nSPS) is 18.4. The molecule has 0 bridgehead atoms.